The standard InChI is InChI=1S/C19H25N5OS/c1-3-4-5-10-24-12-16(11-21-24)14-6-8-15(9-7-14)17-22-23-18(26-17)19(2,20)13-25/h6-9,11-12,25H,3-5,10,13,20H2,1-2H3/t19-/m0/s1. The van der Waals surface area contributed by atoms with Crippen molar-refractivity contribution in [3.8, 4) is 21.7 Å². The third-order valence-electron chi connectivity index (χ3n) is 4.33. The predicted molar refractivity (Wildman–Crippen MR) is 105 cm³/mol. The third-order valence-corrected chi connectivity index (χ3v) is 5.58. The molecule has 7 heteroatoms. The summed E-state index contributed by atoms with van der Waals surface area (Å²) in [5.74, 6) is 0. The van der Waals surface area contributed by atoms with Gasteiger partial charge >= 0.3 is 0 Å². The van der Waals surface area contributed by atoms with Crippen molar-refractivity contribution in [2.75, 3.05) is 6.61 Å². The summed E-state index contributed by atoms with van der Waals surface area (Å²) in [4.78, 5) is 0. The normalized spacial score (nSPS) is 13.7. The number of aromatic nitrogens is 4. The third kappa shape index (κ3) is 4.17. The van der Waals surface area contributed by atoms with Crippen molar-refractivity contribution in [3.05, 3.63) is 41.7 Å². The lowest BCUT2D eigenvalue weighted by molar-refractivity contribution is 0.209. The summed E-state index contributed by atoms with van der Waals surface area (Å²) in [6.07, 6.45) is 7.60. The van der Waals surface area contributed by atoms with E-state index < -0.39 is 5.54 Å². The second-order valence-electron chi connectivity index (χ2n) is 6.76. The van der Waals surface area contributed by atoms with E-state index in [1.165, 1.54) is 24.2 Å². The van der Waals surface area contributed by atoms with E-state index in [-0.39, 0.29) is 6.61 Å². The quantitative estimate of drug-likeness (QED) is 0.592. The van der Waals surface area contributed by atoms with Crippen LogP contribution in [0.2, 0.25) is 0 Å². The highest BCUT2D eigenvalue weighted by Crippen LogP contribution is 2.30. The van der Waals surface area contributed by atoms with Gasteiger partial charge < -0.3 is 10.8 Å². The van der Waals surface area contributed by atoms with Crippen molar-refractivity contribution in [1.82, 2.24) is 20.0 Å². The number of hydrogen-bond donors (Lipinski definition) is 2. The Morgan fingerprint density at radius 3 is 2.54 bits per heavy atom. The molecule has 138 valence electrons. The highest BCUT2D eigenvalue weighted by atomic mass is 32.1. The fourth-order valence-electron chi connectivity index (χ4n) is 2.60. The topological polar surface area (TPSA) is 89.9 Å². The molecule has 0 saturated heterocycles. The second-order valence-corrected chi connectivity index (χ2v) is 7.74. The molecule has 3 rings (SSSR count). The molecule has 0 unspecified atom stereocenters. The van der Waals surface area contributed by atoms with E-state index in [0.717, 1.165) is 34.7 Å². The zero-order valence-electron chi connectivity index (χ0n) is 15.2. The Morgan fingerprint density at radius 1 is 1.12 bits per heavy atom. The van der Waals surface area contributed by atoms with Gasteiger partial charge in [0.1, 0.15) is 10.0 Å². The molecule has 0 fully saturated rings. The van der Waals surface area contributed by atoms with Crippen LogP contribution in [-0.4, -0.2) is 31.7 Å². The van der Waals surface area contributed by atoms with Gasteiger partial charge in [-0.2, -0.15) is 5.10 Å². The molecule has 1 aromatic carbocycles. The fraction of sp³-hybridized carbons (Fsp3) is 0.421. The molecular formula is C19H25N5OS. The van der Waals surface area contributed by atoms with Crippen molar-refractivity contribution in [2.45, 2.75) is 45.2 Å². The first-order valence-corrected chi connectivity index (χ1v) is 9.72. The van der Waals surface area contributed by atoms with Gasteiger partial charge in [-0.05, 0) is 18.9 Å². The molecule has 3 aromatic rings. The summed E-state index contributed by atoms with van der Waals surface area (Å²) in [6.45, 7) is 4.75. The molecule has 26 heavy (non-hydrogen) atoms. The summed E-state index contributed by atoms with van der Waals surface area (Å²) >= 11 is 1.41. The Bertz CT molecular complexity index is 838. The maximum absolute atomic E-state index is 9.37. The minimum absolute atomic E-state index is 0.164. The van der Waals surface area contributed by atoms with E-state index in [1.54, 1.807) is 6.92 Å². The maximum atomic E-state index is 9.37. The second kappa shape index (κ2) is 8.07. The van der Waals surface area contributed by atoms with Gasteiger partial charge in [0.15, 0.2) is 0 Å². The molecule has 0 bridgehead atoms. The zero-order valence-corrected chi connectivity index (χ0v) is 16.0. The maximum Gasteiger partial charge on any atom is 0.147 e. The van der Waals surface area contributed by atoms with Gasteiger partial charge in [0.2, 0.25) is 0 Å². The van der Waals surface area contributed by atoms with E-state index in [1.807, 2.05) is 23.0 Å². The number of hydrogen-bond acceptors (Lipinski definition) is 6. The lowest BCUT2D eigenvalue weighted by Gasteiger charge is -2.16. The molecule has 0 amide bonds. The van der Waals surface area contributed by atoms with Crippen molar-refractivity contribution >= 4 is 11.3 Å². The molecule has 0 radical (unpaired) electrons. The van der Waals surface area contributed by atoms with Gasteiger partial charge in [0.25, 0.3) is 0 Å². The Kier molecular flexibility index (Phi) is 5.80. The van der Waals surface area contributed by atoms with Crippen molar-refractivity contribution in [1.29, 1.82) is 0 Å². The predicted octanol–water partition coefficient (Wildman–Crippen LogP) is 3.43. The summed E-state index contributed by atoms with van der Waals surface area (Å²) in [5, 5.41) is 23.6. The van der Waals surface area contributed by atoms with Crippen LogP contribution in [0.3, 0.4) is 0 Å². The molecule has 2 aromatic heterocycles. The molecule has 6 nitrogen and oxygen atoms in total. The summed E-state index contributed by atoms with van der Waals surface area (Å²) in [6, 6.07) is 8.19. The summed E-state index contributed by atoms with van der Waals surface area (Å²) < 4.78 is 2.01. The number of aliphatic hydroxyl groups excluding tert-OH is 1. The van der Waals surface area contributed by atoms with Crippen LogP contribution in [0.15, 0.2) is 36.7 Å². The van der Waals surface area contributed by atoms with Gasteiger partial charge in [-0.3, -0.25) is 4.68 Å². The molecule has 2 heterocycles. The SMILES string of the molecule is CCCCCn1cc(-c2ccc(-c3nnc([C@@](C)(N)CO)s3)cc2)cn1. The molecule has 1 atom stereocenters. The Balaban J connectivity index is 1.73. The van der Waals surface area contributed by atoms with E-state index >= 15 is 0 Å². The minimum Gasteiger partial charge on any atom is -0.394 e. The van der Waals surface area contributed by atoms with Gasteiger partial charge in [-0.25, -0.2) is 0 Å². The Hall–Kier alpha value is -2.09. The average Bonchev–Trinajstić information content (AvgIpc) is 3.32. The first kappa shape index (κ1) is 18.7. The van der Waals surface area contributed by atoms with Crippen molar-refractivity contribution < 1.29 is 5.11 Å². The molecule has 0 aliphatic rings. The van der Waals surface area contributed by atoms with E-state index in [9.17, 15) is 5.11 Å². The first-order chi connectivity index (χ1) is 12.5. The summed E-state index contributed by atoms with van der Waals surface area (Å²) in [7, 11) is 0. The van der Waals surface area contributed by atoms with Gasteiger partial charge in [0, 0.05) is 23.9 Å². The lowest BCUT2D eigenvalue weighted by Crippen LogP contribution is -2.36. The average molecular weight is 372 g/mol. The van der Waals surface area contributed by atoms with Crippen LogP contribution in [0.25, 0.3) is 21.7 Å². The molecule has 0 aliphatic heterocycles. The molecule has 0 aliphatic carbocycles. The van der Waals surface area contributed by atoms with Crippen molar-refractivity contribution in [2.24, 2.45) is 5.73 Å². The molecule has 0 saturated carbocycles. The highest BCUT2D eigenvalue weighted by Gasteiger charge is 2.25. The Labute approximate surface area is 157 Å². The largest absolute Gasteiger partial charge is 0.394 e. The number of aliphatic hydroxyl groups is 1. The monoisotopic (exact) mass is 371 g/mol. The van der Waals surface area contributed by atoms with Crippen molar-refractivity contribution in [3.63, 3.8) is 0 Å². The van der Waals surface area contributed by atoms with E-state index in [4.69, 9.17) is 5.73 Å². The highest BCUT2D eigenvalue weighted by molar-refractivity contribution is 7.14. The molecule has 0 spiro atoms. The number of unbranched alkanes of at least 4 members (excludes halogenated alkanes) is 2. The fourth-order valence-corrected chi connectivity index (χ4v) is 3.50. The van der Waals surface area contributed by atoms with Gasteiger partial charge in [0.05, 0.1) is 18.3 Å². The number of rotatable bonds is 8. The lowest BCUT2D eigenvalue weighted by atomic mass is 10.1. The van der Waals surface area contributed by atoms with Crippen LogP contribution >= 0.6 is 11.3 Å². The number of benzene rings is 1. The van der Waals surface area contributed by atoms with Gasteiger partial charge in [-0.15, -0.1) is 10.2 Å². The van der Waals surface area contributed by atoms with Crippen LogP contribution < -0.4 is 5.73 Å². The Morgan fingerprint density at radius 2 is 1.85 bits per heavy atom. The minimum atomic E-state index is -0.859. The van der Waals surface area contributed by atoms with Crippen LogP contribution in [0.4, 0.5) is 0 Å². The smallest absolute Gasteiger partial charge is 0.147 e. The summed E-state index contributed by atoms with van der Waals surface area (Å²) in [5.41, 5.74) is 8.39. The van der Waals surface area contributed by atoms with E-state index in [2.05, 4.69) is 40.5 Å². The van der Waals surface area contributed by atoms with E-state index in [0.29, 0.717) is 5.01 Å². The number of nitrogens with two attached hydrogens (primary N) is 1. The van der Waals surface area contributed by atoms with Crippen LogP contribution in [0.5, 0.6) is 0 Å². The number of nitrogens with zero attached hydrogens (tertiary/aromatic N) is 4. The molecule has 3 N–H and O–H groups in total. The van der Waals surface area contributed by atoms with Crippen LogP contribution in [0, 0.1) is 0 Å². The zero-order chi connectivity index (χ0) is 18.6. The molecular weight excluding hydrogens is 346 g/mol. The van der Waals surface area contributed by atoms with Crippen LogP contribution in [0.1, 0.15) is 38.1 Å². The number of aryl methyl sites for hydroxylation is 1. The van der Waals surface area contributed by atoms with Crippen LogP contribution in [-0.2, 0) is 12.1 Å². The first-order valence-electron chi connectivity index (χ1n) is 8.90. The van der Waals surface area contributed by atoms with Gasteiger partial charge in [-0.1, -0.05) is 55.4 Å².